The Hall–Kier alpha value is -1.49. The topological polar surface area (TPSA) is 78.9 Å². The van der Waals surface area contributed by atoms with E-state index in [2.05, 4.69) is 22.6 Å². The third-order valence-corrected chi connectivity index (χ3v) is 7.71. The fourth-order valence-corrected chi connectivity index (χ4v) is 5.24. The monoisotopic (exact) mass is 575 g/mol. The zero-order chi connectivity index (χ0) is 25.9. The fraction of sp³-hybridized carbons (Fsp3) is 0.458. The molecular formula is C24H29IO6S. The maximum absolute atomic E-state index is 13.0. The lowest BCUT2D eigenvalue weighted by atomic mass is 9.74. The minimum absolute atomic E-state index is 0.00271. The molecule has 0 radical (unpaired) electrons. The predicted octanol–water partition coefficient (Wildman–Crippen LogP) is 4.62. The summed E-state index contributed by atoms with van der Waals surface area (Å²) in [5, 5.41) is 0. The van der Waals surface area contributed by atoms with Gasteiger partial charge in [0.25, 0.3) is 10.1 Å². The van der Waals surface area contributed by atoms with Gasteiger partial charge in [0.15, 0.2) is 0 Å². The smallest absolute Gasteiger partial charge is 0.315 e. The van der Waals surface area contributed by atoms with Gasteiger partial charge in [-0.25, -0.2) is 0 Å². The van der Waals surface area contributed by atoms with Gasteiger partial charge in [0.05, 0.1) is 37.2 Å². The number of rotatable bonds is 10. The van der Waals surface area contributed by atoms with Gasteiger partial charge in [0.2, 0.25) is 0 Å². The number of halogens is 1. The number of carbonyl (C=O) groups is 1. The molecule has 1 aliphatic heterocycles. The Labute approximate surface area is 208 Å². The first-order valence-corrected chi connectivity index (χ1v) is 12.7. The molecule has 1 heterocycles. The minimum Gasteiger partial charge on any atom is -0.468 e. The summed E-state index contributed by atoms with van der Waals surface area (Å²) in [7, 11) is -2.77. The number of esters is 1. The first-order valence-electron chi connectivity index (χ1n) is 11.7. The van der Waals surface area contributed by atoms with E-state index >= 15 is 0 Å². The number of hydrogen-bond donors (Lipinski definition) is 0. The van der Waals surface area contributed by atoms with Crippen LogP contribution in [-0.2, 0) is 34.0 Å². The van der Waals surface area contributed by atoms with Crippen LogP contribution < -0.4 is 0 Å². The molecule has 0 saturated carbocycles. The molecule has 1 atom stereocenters. The van der Waals surface area contributed by atoms with Gasteiger partial charge in [-0.15, -0.1) is 0 Å². The Morgan fingerprint density at radius 1 is 1.25 bits per heavy atom. The van der Waals surface area contributed by atoms with E-state index in [0.29, 0.717) is 31.6 Å². The van der Waals surface area contributed by atoms with Crippen LogP contribution in [0.1, 0.15) is 41.4 Å². The second kappa shape index (κ2) is 10.2. The molecule has 8 heteroatoms. The number of ether oxygens (including phenoxy) is 2. The number of methoxy groups -OCH3 is 1. The molecule has 32 heavy (non-hydrogen) atoms. The average molecular weight is 575 g/mol. The van der Waals surface area contributed by atoms with Crippen molar-refractivity contribution in [3.05, 3.63) is 63.2 Å². The quantitative estimate of drug-likeness (QED) is 0.234. The van der Waals surface area contributed by atoms with Gasteiger partial charge in [-0.05, 0) is 79.0 Å². The van der Waals surface area contributed by atoms with Crippen molar-refractivity contribution in [2.75, 3.05) is 26.9 Å². The standard InChI is InChI=1S/C24H29IO6S/c1-18-8-10-21(11-9-18)32(27,28)31-17-24(15-30-16-24)13-5-12-23(2,22(26)29-3)19-6-4-7-20(25)14-19/h4,6-11,14H,5,12-13,15-17H2,1-3H3/i2D3. The molecule has 2 aromatic carbocycles. The van der Waals surface area contributed by atoms with Crippen molar-refractivity contribution in [1.82, 2.24) is 0 Å². The average Bonchev–Trinajstić information content (AvgIpc) is 2.76. The lowest BCUT2D eigenvalue weighted by molar-refractivity contribution is -0.148. The molecular weight excluding hydrogens is 543 g/mol. The first-order chi connectivity index (χ1) is 16.4. The summed E-state index contributed by atoms with van der Waals surface area (Å²) in [6.07, 6.45) is 0.758. The number of carbonyl (C=O) groups excluding carboxylic acids is 1. The zero-order valence-electron chi connectivity index (χ0n) is 21.1. The van der Waals surface area contributed by atoms with Crippen LogP contribution in [-0.4, -0.2) is 41.3 Å². The molecule has 0 aromatic heterocycles. The van der Waals surface area contributed by atoms with E-state index in [0.717, 1.165) is 9.13 Å². The van der Waals surface area contributed by atoms with Gasteiger partial charge in [-0.3, -0.25) is 8.98 Å². The lowest BCUT2D eigenvalue weighted by Crippen LogP contribution is -2.47. The molecule has 0 bridgehead atoms. The van der Waals surface area contributed by atoms with Gasteiger partial charge in [-0.2, -0.15) is 8.42 Å². The van der Waals surface area contributed by atoms with E-state index in [4.69, 9.17) is 17.8 Å². The summed E-state index contributed by atoms with van der Waals surface area (Å²) in [6, 6.07) is 13.2. The largest absolute Gasteiger partial charge is 0.468 e. The summed E-state index contributed by atoms with van der Waals surface area (Å²) < 4.78 is 66.5. The van der Waals surface area contributed by atoms with Crippen molar-refractivity contribution in [2.24, 2.45) is 5.41 Å². The van der Waals surface area contributed by atoms with Crippen molar-refractivity contribution in [3.63, 3.8) is 0 Å². The van der Waals surface area contributed by atoms with Gasteiger partial charge in [0, 0.05) is 13.1 Å². The van der Waals surface area contributed by atoms with Crippen molar-refractivity contribution in [2.45, 2.75) is 43.3 Å². The highest BCUT2D eigenvalue weighted by atomic mass is 127. The molecule has 1 unspecified atom stereocenters. The molecule has 0 N–H and O–H groups in total. The van der Waals surface area contributed by atoms with Crippen LogP contribution in [0.15, 0.2) is 53.4 Å². The van der Waals surface area contributed by atoms with Crippen LogP contribution in [0, 0.1) is 15.9 Å². The van der Waals surface area contributed by atoms with E-state index in [1.54, 1.807) is 30.3 Å². The Morgan fingerprint density at radius 3 is 2.53 bits per heavy atom. The molecule has 1 aliphatic rings. The van der Waals surface area contributed by atoms with Crippen molar-refractivity contribution in [1.29, 1.82) is 0 Å². The van der Waals surface area contributed by atoms with E-state index in [1.807, 2.05) is 13.0 Å². The van der Waals surface area contributed by atoms with E-state index < -0.39 is 33.8 Å². The maximum atomic E-state index is 13.0. The molecule has 1 fully saturated rings. The highest BCUT2D eigenvalue weighted by molar-refractivity contribution is 14.1. The molecule has 174 valence electrons. The van der Waals surface area contributed by atoms with Gasteiger partial charge in [-0.1, -0.05) is 36.2 Å². The van der Waals surface area contributed by atoms with Crippen molar-refractivity contribution >= 4 is 38.7 Å². The van der Waals surface area contributed by atoms with Crippen LogP contribution in [0.4, 0.5) is 0 Å². The Morgan fingerprint density at radius 2 is 1.97 bits per heavy atom. The predicted molar refractivity (Wildman–Crippen MR) is 130 cm³/mol. The summed E-state index contributed by atoms with van der Waals surface area (Å²) >= 11 is 2.07. The molecule has 0 spiro atoms. The van der Waals surface area contributed by atoms with Crippen molar-refractivity contribution < 1.29 is 31.0 Å². The first kappa shape index (κ1) is 21.1. The highest BCUT2D eigenvalue weighted by Crippen LogP contribution is 2.38. The Kier molecular flexibility index (Phi) is 6.71. The van der Waals surface area contributed by atoms with E-state index in [1.165, 1.54) is 19.2 Å². The number of benzene rings is 2. The van der Waals surface area contributed by atoms with E-state index in [9.17, 15) is 13.2 Å². The summed E-state index contributed by atoms with van der Waals surface area (Å²) in [5.41, 5.74) is -1.12. The number of aryl methyl sites for hydroxylation is 1. The van der Waals surface area contributed by atoms with Crippen LogP contribution in [0.2, 0.25) is 0 Å². The highest BCUT2D eigenvalue weighted by Gasteiger charge is 2.42. The zero-order valence-corrected chi connectivity index (χ0v) is 21.1. The second-order valence-electron chi connectivity index (χ2n) is 8.28. The Bertz CT molecular complexity index is 1150. The van der Waals surface area contributed by atoms with Crippen LogP contribution >= 0.6 is 22.6 Å². The van der Waals surface area contributed by atoms with Crippen molar-refractivity contribution in [3.8, 4) is 0 Å². The fourth-order valence-electron chi connectivity index (χ4n) is 3.69. The minimum atomic E-state index is -3.95. The molecule has 0 aliphatic carbocycles. The van der Waals surface area contributed by atoms with Gasteiger partial charge in [0.1, 0.15) is 0 Å². The van der Waals surface area contributed by atoms with Crippen LogP contribution in [0.5, 0.6) is 0 Å². The van der Waals surface area contributed by atoms with E-state index in [-0.39, 0.29) is 17.9 Å². The second-order valence-corrected chi connectivity index (χ2v) is 11.1. The molecule has 6 nitrogen and oxygen atoms in total. The SMILES string of the molecule is [2H]C([2H])([2H])C(CCCC1(COS(=O)(=O)c2ccc(C)cc2)COC1)(C(=O)OC)c1cccc(I)c1. The molecule has 3 rings (SSSR count). The summed E-state index contributed by atoms with van der Waals surface area (Å²) in [4.78, 5) is 13.0. The third-order valence-electron chi connectivity index (χ3n) is 5.76. The van der Waals surface area contributed by atoms with Crippen LogP contribution in [0.25, 0.3) is 0 Å². The molecule has 1 saturated heterocycles. The Balaban J connectivity index is 1.77. The number of hydrogen-bond acceptors (Lipinski definition) is 6. The maximum Gasteiger partial charge on any atom is 0.315 e. The third kappa shape index (κ3) is 5.70. The summed E-state index contributed by atoms with van der Waals surface area (Å²) in [6.45, 7) is -0.302. The normalized spacial score (nSPS) is 19.0. The lowest BCUT2D eigenvalue weighted by Gasteiger charge is -2.41. The van der Waals surface area contributed by atoms with Crippen LogP contribution in [0.3, 0.4) is 0 Å². The molecule has 0 amide bonds. The van der Waals surface area contributed by atoms with Gasteiger partial charge < -0.3 is 9.47 Å². The van der Waals surface area contributed by atoms with Gasteiger partial charge >= 0.3 is 5.97 Å². The molecule has 2 aromatic rings. The summed E-state index contributed by atoms with van der Waals surface area (Å²) in [5.74, 6) is -0.823.